The molecule has 0 aliphatic carbocycles. The third-order valence-corrected chi connectivity index (χ3v) is 10.5. The number of phenols is 1. The van der Waals surface area contributed by atoms with Crippen LogP contribution in [0.3, 0.4) is 0 Å². The number of para-hydroxylation sites is 1. The summed E-state index contributed by atoms with van der Waals surface area (Å²) in [5.41, 5.74) is 15.9. The number of benzene rings is 7. The van der Waals surface area contributed by atoms with E-state index in [0.717, 1.165) is 33.6 Å². The van der Waals surface area contributed by atoms with Crippen molar-refractivity contribution in [3.63, 3.8) is 0 Å². The number of aromatic nitrogens is 3. The fourth-order valence-electron chi connectivity index (χ4n) is 7.24. The molecule has 10 rings (SSSR count). The summed E-state index contributed by atoms with van der Waals surface area (Å²) in [4.78, 5) is 13.6. The van der Waals surface area contributed by atoms with Gasteiger partial charge in [0.05, 0.1) is 5.69 Å². The molecule has 3 aromatic heterocycles. The molecule has 0 saturated heterocycles. The van der Waals surface area contributed by atoms with Crippen LogP contribution in [-0.2, 0) is 20.1 Å². The SMILES string of the molecule is Oc1ccccc1-c1cccc(-c2[c-]cc(F)cc2)n1.[Ir].[c-]1c(-c2ccccn2)cc(-c2ccc(-c3ccc(-c4ccc(-c5ccccc5)cc4)cc3)cc2)cc1-c1ccccn1. The van der Waals surface area contributed by atoms with Crippen LogP contribution < -0.4 is 0 Å². The molecule has 7 aromatic carbocycles. The molecule has 305 valence electrons. The quantitative estimate of drug-likeness (QED) is 0.154. The summed E-state index contributed by atoms with van der Waals surface area (Å²) in [6.07, 6.45) is 3.63. The summed E-state index contributed by atoms with van der Waals surface area (Å²) in [6.45, 7) is 0. The van der Waals surface area contributed by atoms with Crippen molar-refractivity contribution in [2.45, 2.75) is 0 Å². The molecule has 0 aliphatic heterocycles. The zero-order valence-electron chi connectivity index (χ0n) is 33.9. The minimum Gasteiger partial charge on any atom is -0.507 e. The molecule has 0 spiro atoms. The molecule has 0 fully saturated rings. The molecule has 4 nitrogen and oxygen atoms in total. The molecular weight excluding hydrogens is 954 g/mol. The Balaban J connectivity index is 0.000000218. The van der Waals surface area contributed by atoms with Gasteiger partial charge in [0.25, 0.3) is 0 Å². The Bertz CT molecular complexity index is 2980. The number of hydrogen-bond donors (Lipinski definition) is 1. The predicted octanol–water partition coefficient (Wildman–Crippen LogP) is 14.3. The van der Waals surface area contributed by atoms with Gasteiger partial charge in [-0.1, -0.05) is 168 Å². The van der Waals surface area contributed by atoms with Crippen LogP contribution in [0, 0.1) is 17.9 Å². The number of nitrogens with zero attached hydrogens (tertiary/aromatic N) is 3. The maximum Gasteiger partial charge on any atom is 0.124 e. The van der Waals surface area contributed by atoms with E-state index in [0.29, 0.717) is 22.5 Å². The molecule has 3 heterocycles. The number of phenolic OH excluding ortho intramolecular Hbond substituents is 1. The minimum absolute atomic E-state index is 0. The smallest absolute Gasteiger partial charge is 0.124 e. The van der Waals surface area contributed by atoms with Crippen molar-refractivity contribution in [1.82, 2.24) is 15.0 Å². The standard InChI is InChI=1S/C40H27N2.C17H11FNO.Ir/c1-2-8-29(9-3-1)30-12-14-31(15-13-30)32-16-18-33(19-17-32)34-20-22-35(23-21-34)36-26-37(39-10-4-6-24-41-39)28-38(27-36)40-11-5-7-25-42-40;18-13-10-8-12(9-11-13)15-5-3-6-16(19-15)14-4-1-2-7-17(14)20;/h1-27H;1-8,10-11,20H;/q2*-1;. The van der Waals surface area contributed by atoms with Gasteiger partial charge in [-0.15, -0.1) is 48.0 Å². The maximum absolute atomic E-state index is 12.9. The van der Waals surface area contributed by atoms with Crippen LogP contribution >= 0.6 is 0 Å². The summed E-state index contributed by atoms with van der Waals surface area (Å²) < 4.78 is 12.9. The van der Waals surface area contributed by atoms with E-state index in [-0.39, 0.29) is 31.7 Å². The fourth-order valence-corrected chi connectivity index (χ4v) is 7.24. The second-order valence-electron chi connectivity index (χ2n) is 14.6. The van der Waals surface area contributed by atoms with E-state index in [1.165, 1.54) is 45.5 Å². The van der Waals surface area contributed by atoms with Crippen LogP contribution in [0.5, 0.6) is 5.75 Å². The number of hydrogen-bond acceptors (Lipinski definition) is 4. The van der Waals surface area contributed by atoms with Crippen LogP contribution in [0.15, 0.2) is 225 Å². The molecule has 10 aromatic rings. The third kappa shape index (κ3) is 10.1. The molecule has 0 atom stereocenters. The Kier molecular flexibility index (Phi) is 13.2. The molecule has 1 N–H and O–H groups in total. The van der Waals surface area contributed by atoms with Crippen molar-refractivity contribution in [2.75, 3.05) is 0 Å². The maximum atomic E-state index is 12.9. The van der Waals surface area contributed by atoms with E-state index in [4.69, 9.17) is 0 Å². The average Bonchev–Trinajstić information content (AvgIpc) is 3.35. The summed E-state index contributed by atoms with van der Waals surface area (Å²) in [7, 11) is 0. The zero-order chi connectivity index (χ0) is 42.1. The minimum atomic E-state index is -0.328. The first kappa shape index (κ1) is 42.1. The van der Waals surface area contributed by atoms with Gasteiger partial charge in [-0.25, -0.2) is 0 Å². The summed E-state index contributed by atoms with van der Waals surface area (Å²) in [6, 6.07) is 76.2. The van der Waals surface area contributed by atoms with Gasteiger partial charge in [-0.05, 0) is 75.0 Å². The second-order valence-corrected chi connectivity index (χ2v) is 14.6. The molecule has 0 aliphatic rings. The monoisotopic (exact) mass is 992 g/mol. The molecule has 0 unspecified atom stereocenters. The van der Waals surface area contributed by atoms with Crippen LogP contribution in [-0.4, -0.2) is 20.1 Å². The van der Waals surface area contributed by atoms with Gasteiger partial charge in [0.15, 0.2) is 0 Å². The van der Waals surface area contributed by atoms with E-state index in [2.05, 4.69) is 136 Å². The van der Waals surface area contributed by atoms with Crippen LogP contribution in [0.1, 0.15) is 0 Å². The largest absolute Gasteiger partial charge is 0.507 e. The number of pyridine rings is 3. The van der Waals surface area contributed by atoms with Gasteiger partial charge < -0.3 is 5.11 Å². The number of halogens is 1. The topological polar surface area (TPSA) is 58.9 Å². The van der Waals surface area contributed by atoms with Crippen molar-refractivity contribution >= 4 is 0 Å². The third-order valence-electron chi connectivity index (χ3n) is 10.5. The van der Waals surface area contributed by atoms with Crippen LogP contribution in [0.25, 0.3) is 89.5 Å². The Morgan fingerprint density at radius 1 is 0.381 bits per heavy atom. The van der Waals surface area contributed by atoms with Crippen molar-refractivity contribution < 1.29 is 29.6 Å². The molecule has 0 bridgehead atoms. The molecule has 0 saturated carbocycles. The van der Waals surface area contributed by atoms with Crippen molar-refractivity contribution in [3.05, 3.63) is 243 Å². The van der Waals surface area contributed by atoms with Crippen LogP contribution in [0.4, 0.5) is 4.39 Å². The first-order valence-corrected chi connectivity index (χ1v) is 20.2. The Labute approximate surface area is 380 Å². The fraction of sp³-hybridized carbons (Fsp3) is 0. The summed E-state index contributed by atoms with van der Waals surface area (Å²) in [5, 5.41) is 9.86. The van der Waals surface area contributed by atoms with E-state index in [1.54, 1.807) is 24.3 Å². The molecule has 6 heteroatoms. The zero-order valence-corrected chi connectivity index (χ0v) is 36.3. The Morgan fingerprint density at radius 2 is 0.825 bits per heavy atom. The van der Waals surface area contributed by atoms with E-state index >= 15 is 0 Å². The van der Waals surface area contributed by atoms with E-state index < -0.39 is 0 Å². The van der Waals surface area contributed by atoms with Gasteiger partial charge >= 0.3 is 0 Å². The van der Waals surface area contributed by atoms with E-state index in [9.17, 15) is 9.50 Å². The number of aromatic hydroxyl groups is 1. The average molecular weight is 992 g/mol. The molecule has 1 radical (unpaired) electrons. The first-order valence-electron chi connectivity index (χ1n) is 20.2. The van der Waals surface area contributed by atoms with Gasteiger partial charge in [-0.3, -0.25) is 19.3 Å². The van der Waals surface area contributed by atoms with Crippen LogP contribution in [0.2, 0.25) is 0 Å². The normalized spacial score (nSPS) is 10.6. The van der Waals surface area contributed by atoms with Crippen molar-refractivity contribution in [3.8, 4) is 95.3 Å². The Hall–Kier alpha value is -7.63. The Morgan fingerprint density at radius 3 is 1.30 bits per heavy atom. The van der Waals surface area contributed by atoms with Gasteiger partial charge in [0.2, 0.25) is 0 Å². The molecule has 0 amide bonds. The van der Waals surface area contributed by atoms with Crippen molar-refractivity contribution in [2.24, 2.45) is 0 Å². The molecular formula is C57H38FIrN3O-2. The van der Waals surface area contributed by atoms with Gasteiger partial charge in [-0.2, -0.15) is 0 Å². The van der Waals surface area contributed by atoms with Gasteiger partial charge in [0, 0.05) is 55.3 Å². The summed E-state index contributed by atoms with van der Waals surface area (Å²) in [5.74, 6) is -0.147. The first-order chi connectivity index (χ1) is 30.5. The van der Waals surface area contributed by atoms with E-state index in [1.807, 2.05) is 79.1 Å². The summed E-state index contributed by atoms with van der Waals surface area (Å²) >= 11 is 0. The predicted molar refractivity (Wildman–Crippen MR) is 249 cm³/mol. The van der Waals surface area contributed by atoms with Crippen molar-refractivity contribution in [1.29, 1.82) is 0 Å². The molecule has 63 heavy (non-hydrogen) atoms. The second kappa shape index (κ2) is 19.8. The number of rotatable bonds is 8. The van der Waals surface area contributed by atoms with Gasteiger partial charge in [0.1, 0.15) is 5.75 Å².